The van der Waals surface area contributed by atoms with Crippen LogP contribution in [0.1, 0.15) is 18.4 Å². The van der Waals surface area contributed by atoms with Crippen LogP contribution in [0.4, 0.5) is 0 Å². The summed E-state index contributed by atoms with van der Waals surface area (Å²) in [5.74, 6) is 3.92. The molecule has 1 aliphatic rings. The predicted octanol–water partition coefficient (Wildman–Crippen LogP) is 2.94. The highest BCUT2D eigenvalue weighted by Crippen LogP contribution is 2.34. The van der Waals surface area contributed by atoms with E-state index in [0.717, 1.165) is 29.2 Å². The average Bonchev–Trinajstić information content (AvgIpc) is 2.47. The third kappa shape index (κ3) is 3.91. The summed E-state index contributed by atoms with van der Waals surface area (Å²) in [6, 6.07) is 5.93. The summed E-state index contributed by atoms with van der Waals surface area (Å²) in [6.45, 7) is 0.524. The van der Waals surface area contributed by atoms with Gasteiger partial charge in [-0.15, -0.1) is 0 Å². The summed E-state index contributed by atoms with van der Waals surface area (Å²) in [5.41, 5.74) is 6.55. The first kappa shape index (κ1) is 14.3. The van der Waals surface area contributed by atoms with Gasteiger partial charge in [-0.25, -0.2) is 0 Å². The molecular weight excluding hydrogens is 258 g/mol. The second-order valence-corrected chi connectivity index (χ2v) is 5.62. The quantitative estimate of drug-likeness (QED) is 0.900. The first-order valence-electron chi connectivity index (χ1n) is 6.63. The number of rotatable bonds is 5. The highest BCUT2D eigenvalue weighted by atomic mass is 32.2. The molecule has 0 saturated carbocycles. The van der Waals surface area contributed by atoms with Crippen molar-refractivity contribution in [2.24, 2.45) is 5.73 Å². The van der Waals surface area contributed by atoms with Crippen molar-refractivity contribution in [2.75, 3.05) is 25.2 Å². The van der Waals surface area contributed by atoms with E-state index < -0.39 is 0 Å². The summed E-state index contributed by atoms with van der Waals surface area (Å²) < 4.78 is 11.6. The van der Waals surface area contributed by atoms with Crippen LogP contribution >= 0.6 is 11.8 Å². The Balaban J connectivity index is 2.21. The van der Waals surface area contributed by atoms with Crippen LogP contribution in [0.5, 0.6) is 11.5 Å². The zero-order valence-electron chi connectivity index (χ0n) is 11.3. The molecular formula is C15H21NO2S. The Morgan fingerprint density at radius 3 is 3.05 bits per heavy atom. The number of methoxy groups -OCH3 is 1. The van der Waals surface area contributed by atoms with Gasteiger partial charge < -0.3 is 15.2 Å². The summed E-state index contributed by atoms with van der Waals surface area (Å²) >= 11 is 1.96. The molecule has 1 fully saturated rings. The molecule has 1 aliphatic heterocycles. The first-order valence-corrected chi connectivity index (χ1v) is 7.78. The van der Waals surface area contributed by atoms with E-state index in [1.165, 1.54) is 12.2 Å². The molecule has 3 nitrogen and oxygen atoms in total. The minimum absolute atomic E-state index is 0.278. The number of hydrogen-bond acceptors (Lipinski definition) is 4. The maximum atomic E-state index is 6.17. The summed E-state index contributed by atoms with van der Waals surface area (Å²) in [4.78, 5) is 0. The molecule has 1 saturated heterocycles. The zero-order valence-corrected chi connectivity index (χ0v) is 12.1. The number of nitrogens with two attached hydrogens (primary N) is 1. The molecule has 1 heterocycles. The lowest BCUT2D eigenvalue weighted by Crippen LogP contribution is -2.23. The highest BCUT2D eigenvalue weighted by Gasteiger charge is 2.18. The molecule has 0 aliphatic carbocycles. The normalized spacial score (nSPS) is 19.6. The van der Waals surface area contributed by atoms with E-state index in [-0.39, 0.29) is 6.10 Å². The van der Waals surface area contributed by atoms with Gasteiger partial charge >= 0.3 is 0 Å². The van der Waals surface area contributed by atoms with E-state index in [2.05, 4.69) is 0 Å². The second kappa shape index (κ2) is 7.46. The van der Waals surface area contributed by atoms with E-state index in [9.17, 15) is 0 Å². The molecule has 1 atom stereocenters. The fourth-order valence-corrected chi connectivity index (χ4v) is 3.15. The molecule has 0 amide bonds. The second-order valence-electron chi connectivity index (χ2n) is 4.47. The number of benzene rings is 1. The molecule has 2 rings (SSSR count). The predicted molar refractivity (Wildman–Crippen MR) is 82.1 cm³/mol. The van der Waals surface area contributed by atoms with E-state index >= 15 is 0 Å². The van der Waals surface area contributed by atoms with Crippen molar-refractivity contribution in [2.45, 2.75) is 18.9 Å². The van der Waals surface area contributed by atoms with E-state index in [4.69, 9.17) is 15.2 Å². The topological polar surface area (TPSA) is 44.5 Å². The van der Waals surface area contributed by atoms with Crippen LogP contribution in [0.15, 0.2) is 24.3 Å². The van der Waals surface area contributed by atoms with Crippen molar-refractivity contribution in [1.82, 2.24) is 0 Å². The maximum Gasteiger partial charge on any atom is 0.168 e. The van der Waals surface area contributed by atoms with Gasteiger partial charge in [-0.1, -0.05) is 24.3 Å². The summed E-state index contributed by atoms with van der Waals surface area (Å²) in [7, 11) is 1.67. The maximum absolute atomic E-state index is 6.17. The Bertz CT molecular complexity index is 428. The lowest BCUT2D eigenvalue weighted by Gasteiger charge is -2.24. The van der Waals surface area contributed by atoms with Crippen molar-refractivity contribution in [3.05, 3.63) is 29.8 Å². The minimum Gasteiger partial charge on any atom is -0.493 e. The highest BCUT2D eigenvalue weighted by molar-refractivity contribution is 7.99. The first-order chi connectivity index (χ1) is 9.35. The van der Waals surface area contributed by atoms with Crippen LogP contribution in [0, 0.1) is 0 Å². The van der Waals surface area contributed by atoms with Crippen LogP contribution < -0.4 is 15.2 Å². The molecule has 19 heavy (non-hydrogen) atoms. The van der Waals surface area contributed by atoms with Gasteiger partial charge in [-0.05, 0) is 24.7 Å². The summed E-state index contributed by atoms with van der Waals surface area (Å²) in [5, 5.41) is 0. The molecule has 0 bridgehead atoms. The zero-order chi connectivity index (χ0) is 13.5. The number of hydrogen-bond donors (Lipinski definition) is 1. The van der Waals surface area contributed by atoms with Crippen molar-refractivity contribution in [3.8, 4) is 11.5 Å². The Kier molecular flexibility index (Phi) is 5.61. The van der Waals surface area contributed by atoms with Crippen LogP contribution in [0.2, 0.25) is 0 Å². The van der Waals surface area contributed by atoms with Crippen molar-refractivity contribution < 1.29 is 9.47 Å². The van der Waals surface area contributed by atoms with Gasteiger partial charge in [-0.3, -0.25) is 0 Å². The van der Waals surface area contributed by atoms with Gasteiger partial charge in [0.25, 0.3) is 0 Å². The van der Waals surface area contributed by atoms with Gasteiger partial charge in [0.2, 0.25) is 0 Å². The van der Waals surface area contributed by atoms with Gasteiger partial charge in [0.15, 0.2) is 11.5 Å². The van der Waals surface area contributed by atoms with Crippen LogP contribution in [-0.2, 0) is 0 Å². The molecule has 1 unspecified atom stereocenters. The Morgan fingerprint density at radius 2 is 2.37 bits per heavy atom. The monoisotopic (exact) mass is 279 g/mol. The molecule has 1 aromatic carbocycles. The molecule has 0 spiro atoms. The van der Waals surface area contributed by atoms with Gasteiger partial charge in [-0.2, -0.15) is 11.8 Å². The third-order valence-electron chi connectivity index (χ3n) is 3.07. The lowest BCUT2D eigenvalue weighted by molar-refractivity contribution is 0.202. The molecule has 1 aromatic rings. The van der Waals surface area contributed by atoms with Crippen molar-refractivity contribution in [1.29, 1.82) is 0 Å². The number of para-hydroxylation sites is 1. The lowest BCUT2D eigenvalue weighted by atomic mass is 10.1. The van der Waals surface area contributed by atoms with Gasteiger partial charge in [0.1, 0.15) is 6.10 Å². The van der Waals surface area contributed by atoms with Crippen LogP contribution in [0.25, 0.3) is 6.08 Å². The molecule has 0 aromatic heterocycles. The smallest absolute Gasteiger partial charge is 0.168 e. The van der Waals surface area contributed by atoms with Crippen molar-refractivity contribution >= 4 is 17.8 Å². The fourth-order valence-electron chi connectivity index (χ4n) is 2.12. The van der Waals surface area contributed by atoms with Gasteiger partial charge in [0, 0.05) is 17.9 Å². The van der Waals surface area contributed by atoms with Crippen LogP contribution in [-0.4, -0.2) is 31.3 Å². The van der Waals surface area contributed by atoms with Crippen molar-refractivity contribution in [3.63, 3.8) is 0 Å². The summed E-state index contributed by atoms with van der Waals surface area (Å²) in [6.07, 6.45) is 6.54. The Labute approximate surface area is 119 Å². The number of ether oxygens (including phenoxy) is 2. The largest absolute Gasteiger partial charge is 0.493 e. The van der Waals surface area contributed by atoms with Crippen LogP contribution in [0.3, 0.4) is 0 Å². The molecule has 0 radical (unpaired) electrons. The van der Waals surface area contributed by atoms with Gasteiger partial charge in [0.05, 0.1) is 7.11 Å². The van der Waals surface area contributed by atoms with E-state index in [1.807, 2.05) is 42.1 Å². The standard InChI is InChI=1S/C15H21NO2S/c1-17-14-8-2-5-12(6-3-9-16)15(14)18-13-7-4-10-19-11-13/h2-3,5-6,8,13H,4,7,9-11,16H2,1H3/b6-3+. The van der Waals surface area contributed by atoms with E-state index in [1.54, 1.807) is 7.11 Å². The molecule has 104 valence electrons. The fraction of sp³-hybridized carbons (Fsp3) is 0.467. The SMILES string of the molecule is COc1cccc(/C=C/CN)c1OC1CCCSC1. The third-order valence-corrected chi connectivity index (χ3v) is 4.25. The molecule has 4 heteroatoms. The molecule has 2 N–H and O–H groups in total. The van der Waals surface area contributed by atoms with E-state index in [0.29, 0.717) is 6.54 Å². The number of thioether (sulfide) groups is 1. The minimum atomic E-state index is 0.278. The Morgan fingerprint density at radius 1 is 1.47 bits per heavy atom. The Hall–Kier alpha value is -1.13. The average molecular weight is 279 g/mol.